The summed E-state index contributed by atoms with van der Waals surface area (Å²) < 4.78 is 70.9. The maximum absolute atomic E-state index is 13.7. The molecule has 196 valence electrons. The first kappa shape index (κ1) is 26.1. The van der Waals surface area contributed by atoms with Gasteiger partial charge in [0.25, 0.3) is 5.91 Å². The predicted molar refractivity (Wildman–Crippen MR) is 124 cm³/mol. The summed E-state index contributed by atoms with van der Waals surface area (Å²) in [5.74, 6) is -0.585. The number of aryl methyl sites for hydroxylation is 2. The van der Waals surface area contributed by atoms with Gasteiger partial charge >= 0.3 is 6.18 Å². The summed E-state index contributed by atoms with van der Waals surface area (Å²) in [7, 11) is -3.80. The molecule has 1 amide bonds. The van der Waals surface area contributed by atoms with Gasteiger partial charge in [0.2, 0.25) is 10.0 Å². The van der Waals surface area contributed by atoms with Crippen LogP contribution in [-0.2, 0) is 28.2 Å². The van der Waals surface area contributed by atoms with Crippen molar-refractivity contribution in [1.29, 1.82) is 0 Å². The number of hydrogen-bond donors (Lipinski definition) is 0. The number of fused-ring (bicyclic) bond motifs is 1. The highest BCUT2D eigenvalue weighted by atomic mass is 32.2. The summed E-state index contributed by atoms with van der Waals surface area (Å²) in [6.07, 6.45) is -3.22. The summed E-state index contributed by atoms with van der Waals surface area (Å²) in [5.41, 5.74) is -1.32. The number of halogens is 3. The number of sulfonamides is 1. The molecule has 1 fully saturated rings. The Hall–Kier alpha value is -3.00. The van der Waals surface area contributed by atoms with Gasteiger partial charge < -0.3 is 4.90 Å². The summed E-state index contributed by atoms with van der Waals surface area (Å²) >= 11 is 0. The van der Waals surface area contributed by atoms with Crippen LogP contribution in [0.5, 0.6) is 0 Å². The molecule has 14 heteroatoms. The molecule has 4 rings (SSSR count). The van der Waals surface area contributed by atoms with Gasteiger partial charge in [-0.05, 0) is 19.9 Å². The van der Waals surface area contributed by atoms with Gasteiger partial charge in [-0.3, -0.25) is 9.48 Å². The topological polar surface area (TPSA) is 106 Å². The maximum Gasteiger partial charge on any atom is 0.433 e. The zero-order chi connectivity index (χ0) is 26.6. The molecule has 0 radical (unpaired) electrons. The average Bonchev–Trinajstić information content (AvgIpc) is 3.40. The molecule has 0 atom stereocenters. The van der Waals surface area contributed by atoms with E-state index in [1.165, 1.54) is 21.5 Å². The number of alkyl halides is 3. The van der Waals surface area contributed by atoms with Gasteiger partial charge in [0.05, 0.1) is 11.4 Å². The Balaban J connectivity index is 1.57. The predicted octanol–water partition coefficient (Wildman–Crippen LogP) is 2.72. The Morgan fingerprint density at radius 2 is 1.69 bits per heavy atom. The van der Waals surface area contributed by atoms with Crippen LogP contribution in [0.4, 0.5) is 13.2 Å². The largest absolute Gasteiger partial charge is 0.433 e. The quantitative estimate of drug-likeness (QED) is 0.517. The number of piperazine rings is 1. The van der Waals surface area contributed by atoms with Gasteiger partial charge in [-0.1, -0.05) is 20.8 Å². The molecule has 3 aromatic rings. The Bertz CT molecular complexity index is 1410. The summed E-state index contributed by atoms with van der Waals surface area (Å²) in [5, 5.41) is 8.11. The highest BCUT2D eigenvalue weighted by Gasteiger charge is 2.37. The standard InChI is InChI=1S/C22H28F3N7O3S/c1-6-30-13-16(14(2)27-30)36(34,35)31-9-7-29(8-10-31)20(33)15-11-19-26-17(21(3,4)5)12-18(22(23,24)25)32(19)28-15/h11-13H,6-10H2,1-5H3. The smallest absolute Gasteiger partial charge is 0.335 e. The van der Waals surface area contributed by atoms with Crippen molar-refractivity contribution in [2.24, 2.45) is 0 Å². The second-order valence-corrected chi connectivity index (χ2v) is 11.6. The highest BCUT2D eigenvalue weighted by molar-refractivity contribution is 7.89. The van der Waals surface area contributed by atoms with Gasteiger partial charge in [-0.2, -0.15) is 27.7 Å². The first-order chi connectivity index (χ1) is 16.6. The Labute approximate surface area is 206 Å². The van der Waals surface area contributed by atoms with Crippen LogP contribution in [0.25, 0.3) is 5.65 Å². The minimum atomic E-state index is -4.70. The molecule has 1 aliphatic rings. The SMILES string of the molecule is CCn1cc(S(=O)(=O)N2CCN(C(=O)c3cc4nc(C(C)(C)C)cc(C(F)(F)F)n4n3)CC2)c(C)n1. The zero-order valence-electron chi connectivity index (χ0n) is 20.7. The molecule has 0 aliphatic carbocycles. The van der Waals surface area contributed by atoms with Gasteiger partial charge in [-0.15, -0.1) is 0 Å². The fraction of sp³-hybridized carbons (Fsp3) is 0.545. The van der Waals surface area contributed by atoms with Gasteiger partial charge in [-0.25, -0.2) is 17.9 Å². The molecule has 0 bridgehead atoms. The molecule has 36 heavy (non-hydrogen) atoms. The number of carbonyl (C=O) groups excluding carboxylic acids is 1. The number of aromatic nitrogens is 5. The van der Waals surface area contributed by atoms with E-state index >= 15 is 0 Å². The fourth-order valence-electron chi connectivity index (χ4n) is 4.01. The lowest BCUT2D eigenvalue weighted by molar-refractivity contribution is -0.142. The number of nitrogens with zero attached hydrogens (tertiary/aromatic N) is 7. The third kappa shape index (κ3) is 4.71. The van der Waals surface area contributed by atoms with E-state index in [0.29, 0.717) is 16.8 Å². The van der Waals surface area contributed by atoms with Crippen LogP contribution in [0.2, 0.25) is 0 Å². The molecule has 3 aromatic heterocycles. The average molecular weight is 528 g/mol. The molecule has 4 heterocycles. The zero-order valence-corrected chi connectivity index (χ0v) is 21.5. The Morgan fingerprint density at radius 1 is 1.06 bits per heavy atom. The number of carbonyl (C=O) groups is 1. The molecular formula is C22H28F3N7O3S. The summed E-state index contributed by atoms with van der Waals surface area (Å²) in [4.78, 5) is 18.9. The first-order valence-corrected chi connectivity index (χ1v) is 12.9. The highest BCUT2D eigenvalue weighted by Crippen LogP contribution is 2.33. The maximum atomic E-state index is 13.7. The van der Waals surface area contributed by atoms with Gasteiger partial charge in [0.15, 0.2) is 11.3 Å². The molecule has 0 N–H and O–H groups in total. The van der Waals surface area contributed by atoms with Crippen molar-refractivity contribution in [3.05, 3.63) is 41.1 Å². The minimum Gasteiger partial charge on any atom is -0.335 e. The third-order valence-electron chi connectivity index (χ3n) is 6.07. The molecule has 0 spiro atoms. The lowest BCUT2D eigenvalue weighted by atomic mass is 9.91. The van der Waals surface area contributed by atoms with E-state index in [9.17, 15) is 26.4 Å². The molecule has 1 aliphatic heterocycles. The third-order valence-corrected chi connectivity index (χ3v) is 8.08. The van der Waals surface area contributed by atoms with Crippen LogP contribution in [0, 0.1) is 6.92 Å². The van der Waals surface area contributed by atoms with Crippen molar-refractivity contribution < 1.29 is 26.4 Å². The van der Waals surface area contributed by atoms with Gasteiger partial charge in [0.1, 0.15) is 10.6 Å². The van der Waals surface area contributed by atoms with E-state index in [-0.39, 0.29) is 48.1 Å². The van der Waals surface area contributed by atoms with E-state index in [1.807, 2.05) is 6.92 Å². The molecule has 1 saturated heterocycles. The van der Waals surface area contributed by atoms with Gasteiger partial charge in [0, 0.05) is 50.4 Å². The van der Waals surface area contributed by atoms with Crippen molar-refractivity contribution in [2.75, 3.05) is 26.2 Å². The second-order valence-electron chi connectivity index (χ2n) is 9.70. The van der Waals surface area contributed by atoms with E-state index in [1.54, 1.807) is 32.4 Å². The van der Waals surface area contributed by atoms with Crippen LogP contribution in [0.1, 0.15) is 55.3 Å². The fourth-order valence-corrected chi connectivity index (χ4v) is 5.60. The van der Waals surface area contributed by atoms with Crippen molar-refractivity contribution >= 4 is 21.6 Å². The van der Waals surface area contributed by atoms with Crippen LogP contribution >= 0.6 is 0 Å². The second kappa shape index (κ2) is 8.83. The van der Waals surface area contributed by atoms with Crippen molar-refractivity contribution in [1.82, 2.24) is 33.6 Å². The van der Waals surface area contributed by atoms with Crippen molar-refractivity contribution in [2.45, 2.75) is 57.7 Å². The minimum absolute atomic E-state index is 0.0401. The molecular weight excluding hydrogens is 499 g/mol. The molecule has 0 saturated carbocycles. The number of amides is 1. The summed E-state index contributed by atoms with van der Waals surface area (Å²) in [6, 6.07) is 2.18. The lowest BCUT2D eigenvalue weighted by Crippen LogP contribution is -2.50. The number of hydrogen-bond acceptors (Lipinski definition) is 6. The van der Waals surface area contributed by atoms with E-state index < -0.39 is 33.2 Å². The van der Waals surface area contributed by atoms with Crippen LogP contribution in [-0.4, -0.2) is 74.1 Å². The van der Waals surface area contributed by atoms with Crippen LogP contribution in [0.15, 0.2) is 23.2 Å². The van der Waals surface area contributed by atoms with E-state index in [2.05, 4.69) is 15.2 Å². The first-order valence-electron chi connectivity index (χ1n) is 11.4. The van der Waals surface area contributed by atoms with Crippen LogP contribution < -0.4 is 0 Å². The molecule has 0 aromatic carbocycles. The molecule has 0 unspecified atom stereocenters. The van der Waals surface area contributed by atoms with E-state index in [0.717, 1.165) is 6.07 Å². The normalized spacial score (nSPS) is 16.2. The summed E-state index contributed by atoms with van der Waals surface area (Å²) in [6.45, 7) is 9.46. The van der Waals surface area contributed by atoms with Crippen molar-refractivity contribution in [3.8, 4) is 0 Å². The van der Waals surface area contributed by atoms with Crippen LogP contribution in [0.3, 0.4) is 0 Å². The Kier molecular flexibility index (Phi) is 6.40. The lowest BCUT2D eigenvalue weighted by Gasteiger charge is -2.33. The number of rotatable bonds is 4. The Morgan fingerprint density at radius 3 is 2.22 bits per heavy atom. The van der Waals surface area contributed by atoms with E-state index in [4.69, 9.17) is 0 Å². The van der Waals surface area contributed by atoms with Crippen molar-refractivity contribution in [3.63, 3.8) is 0 Å². The molecule has 10 nitrogen and oxygen atoms in total. The monoisotopic (exact) mass is 527 g/mol.